The van der Waals surface area contributed by atoms with Gasteiger partial charge in [0.05, 0.1) is 13.2 Å². The van der Waals surface area contributed by atoms with Crippen LogP contribution in [0.15, 0.2) is 11.5 Å². The van der Waals surface area contributed by atoms with E-state index in [9.17, 15) is 29.7 Å². The predicted molar refractivity (Wildman–Crippen MR) is 161 cm³/mol. The first-order valence-electron chi connectivity index (χ1n) is 15.8. The van der Waals surface area contributed by atoms with Gasteiger partial charge in [-0.3, -0.25) is 9.59 Å². The summed E-state index contributed by atoms with van der Waals surface area (Å²) in [5.74, 6) is -3.44. The molecule has 3 atom stereocenters. The van der Waals surface area contributed by atoms with E-state index in [1.54, 1.807) is 13.8 Å². The zero-order chi connectivity index (χ0) is 32.7. The minimum Gasteiger partial charge on any atom is -0.499 e. The van der Waals surface area contributed by atoms with Gasteiger partial charge in [0.2, 0.25) is 17.4 Å². The van der Waals surface area contributed by atoms with Crippen LogP contribution in [0.5, 0.6) is 0 Å². The molecule has 0 radical (unpaired) electrons. The molecule has 1 rings (SSSR count). The lowest BCUT2D eigenvalue weighted by Crippen LogP contribution is -2.45. The Hall–Kier alpha value is -2.25. The molecule has 12 nitrogen and oxygen atoms in total. The highest BCUT2D eigenvalue weighted by Gasteiger charge is 2.41. The van der Waals surface area contributed by atoms with Crippen molar-refractivity contribution in [2.75, 3.05) is 26.4 Å². The van der Waals surface area contributed by atoms with Crippen molar-refractivity contribution in [3.05, 3.63) is 11.5 Å². The standard InChI is InChI=1S/C22H38O7.C9H19NO4/c1-2-3-4-5-6-7-8-9-10-11-12-13-14-15-18(25)28-21-19(26)22(27)29-20(21)17(24)16-23;1-9(2,6-12)7(13)8(14)10-4-3-5-11/h17,20,23-24,26H,2-16H2,1H3;7,11-13H,3-6H2,1-2H3,(H,10,14)/t17-,20+;/m0./s1. The van der Waals surface area contributed by atoms with E-state index in [1.807, 2.05) is 0 Å². The Bertz CT molecular complexity index is 816. The van der Waals surface area contributed by atoms with Gasteiger partial charge < -0.3 is 45.4 Å². The molecule has 43 heavy (non-hydrogen) atoms. The molecule has 252 valence electrons. The minimum atomic E-state index is -1.46. The number of esters is 2. The van der Waals surface area contributed by atoms with Gasteiger partial charge in [-0.15, -0.1) is 0 Å². The van der Waals surface area contributed by atoms with E-state index in [1.165, 1.54) is 57.8 Å². The average molecular weight is 620 g/mol. The topological polar surface area (TPSA) is 203 Å². The average Bonchev–Trinajstić information content (AvgIpc) is 3.27. The Morgan fingerprint density at radius 2 is 1.40 bits per heavy atom. The molecule has 0 aromatic rings. The molecule has 1 aliphatic rings. The molecule has 0 saturated carbocycles. The third-order valence-electron chi connectivity index (χ3n) is 7.19. The lowest BCUT2D eigenvalue weighted by molar-refractivity contribution is -0.151. The fourth-order valence-corrected chi connectivity index (χ4v) is 4.20. The smallest absolute Gasteiger partial charge is 0.378 e. The first-order valence-corrected chi connectivity index (χ1v) is 15.8. The lowest BCUT2D eigenvalue weighted by atomic mass is 9.87. The summed E-state index contributed by atoms with van der Waals surface area (Å²) in [5.41, 5.74) is -0.844. The van der Waals surface area contributed by atoms with E-state index >= 15 is 0 Å². The largest absolute Gasteiger partial charge is 0.499 e. The van der Waals surface area contributed by atoms with E-state index < -0.39 is 59.7 Å². The molecule has 1 aliphatic heterocycles. The highest BCUT2D eigenvalue weighted by Crippen LogP contribution is 2.25. The van der Waals surface area contributed by atoms with Gasteiger partial charge in [-0.2, -0.15) is 0 Å². The zero-order valence-electron chi connectivity index (χ0n) is 26.4. The number of hydrogen-bond donors (Lipinski definition) is 7. The second-order valence-corrected chi connectivity index (χ2v) is 11.7. The molecule has 12 heteroatoms. The van der Waals surface area contributed by atoms with Crippen molar-refractivity contribution in [3.63, 3.8) is 0 Å². The number of amides is 1. The van der Waals surface area contributed by atoms with Crippen molar-refractivity contribution in [3.8, 4) is 0 Å². The summed E-state index contributed by atoms with van der Waals surface area (Å²) in [6, 6.07) is 0. The Kier molecular flexibility index (Phi) is 22.9. The van der Waals surface area contributed by atoms with Crippen molar-refractivity contribution in [1.82, 2.24) is 5.32 Å². The van der Waals surface area contributed by atoms with E-state index in [0.717, 1.165) is 19.3 Å². The quantitative estimate of drug-likeness (QED) is 0.0654. The van der Waals surface area contributed by atoms with E-state index in [0.29, 0.717) is 19.4 Å². The molecule has 0 saturated heterocycles. The van der Waals surface area contributed by atoms with Crippen molar-refractivity contribution in [2.24, 2.45) is 5.41 Å². The van der Waals surface area contributed by atoms with Gasteiger partial charge >= 0.3 is 11.9 Å². The van der Waals surface area contributed by atoms with Gasteiger partial charge in [0.15, 0.2) is 6.10 Å². The maximum absolute atomic E-state index is 11.9. The van der Waals surface area contributed by atoms with Crippen molar-refractivity contribution < 1.29 is 54.5 Å². The molecule has 1 unspecified atom stereocenters. The normalized spacial score (nSPS) is 16.3. The maximum atomic E-state index is 11.9. The van der Waals surface area contributed by atoms with Crippen LogP contribution >= 0.6 is 0 Å². The second-order valence-electron chi connectivity index (χ2n) is 11.7. The molecule has 0 bridgehead atoms. The zero-order valence-corrected chi connectivity index (χ0v) is 26.4. The number of rotatable bonds is 23. The summed E-state index contributed by atoms with van der Waals surface area (Å²) in [7, 11) is 0. The van der Waals surface area contributed by atoms with Crippen LogP contribution in [0.4, 0.5) is 0 Å². The summed E-state index contributed by atoms with van der Waals surface area (Å²) < 4.78 is 9.72. The molecule has 0 aromatic heterocycles. The SMILES string of the molecule is CC(C)(CO)C(O)C(=O)NCCCO.CCCCCCCCCCCCCCCC(=O)OC1=C(O)C(=O)O[C@@H]1[C@@H](O)CO. The first-order chi connectivity index (χ1) is 20.5. The fourth-order valence-electron chi connectivity index (χ4n) is 4.20. The summed E-state index contributed by atoms with van der Waals surface area (Å²) >= 11 is 0. The Balaban J connectivity index is 0.00000106. The minimum absolute atomic E-state index is 0.000230. The molecule has 1 heterocycles. The number of nitrogens with one attached hydrogen (secondary N) is 1. The van der Waals surface area contributed by atoms with Crippen molar-refractivity contribution in [2.45, 2.75) is 135 Å². The summed E-state index contributed by atoms with van der Waals surface area (Å²) in [6.07, 6.45) is 12.2. The van der Waals surface area contributed by atoms with E-state index in [-0.39, 0.29) is 19.6 Å². The van der Waals surface area contributed by atoms with Gasteiger partial charge in [0, 0.05) is 25.0 Å². The molecule has 7 N–H and O–H groups in total. The van der Waals surface area contributed by atoms with Gasteiger partial charge in [0.25, 0.3) is 0 Å². The number of hydrogen-bond acceptors (Lipinski definition) is 11. The molecule has 1 amide bonds. The van der Waals surface area contributed by atoms with Crippen LogP contribution < -0.4 is 5.32 Å². The molecule has 0 aliphatic carbocycles. The van der Waals surface area contributed by atoms with Gasteiger partial charge in [-0.25, -0.2) is 4.79 Å². The highest BCUT2D eigenvalue weighted by molar-refractivity contribution is 5.90. The van der Waals surface area contributed by atoms with Crippen LogP contribution in [0.3, 0.4) is 0 Å². The van der Waals surface area contributed by atoms with Crippen LogP contribution in [-0.4, -0.2) is 93.2 Å². The number of carbonyl (C=O) groups excluding carboxylic acids is 3. The number of aliphatic hydroxyl groups excluding tert-OH is 6. The number of cyclic esters (lactones) is 1. The third kappa shape index (κ3) is 17.6. The predicted octanol–water partition coefficient (Wildman–Crippen LogP) is 2.92. The summed E-state index contributed by atoms with van der Waals surface area (Å²) in [5, 5.41) is 57.6. The number of aliphatic hydroxyl groups is 6. The van der Waals surface area contributed by atoms with Crippen LogP contribution in [0.1, 0.15) is 117 Å². The van der Waals surface area contributed by atoms with Crippen LogP contribution in [0.2, 0.25) is 0 Å². The third-order valence-corrected chi connectivity index (χ3v) is 7.19. The molecular formula is C31H57NO11. The summed E-state index contributed by atoms with van der Waals surface area (Å²) in [6.45, 7) is 4.81. The Morgan fingerprint density at radius 3 is 1.86 bits per heavy atom. The second kappa shape index (κ2) is 24.1. The number of unbranched alkanes of at least 4 members (excludes halogenated alkanes) is 12. The summed E-state index contributed by atoms with van der Waals surface area (Å²) in [4.78, 5) is 34.6. The Morgan fingerprint density at radius 1 is 0.884 bits per heavy atom. The van der Waals surface area contributed by atoms with Gasteiger partial charge in [0.1, 0.15) is 12.2 Å². The molecule has 0 spiro atoms. The highest BCUT2D eigenvalue weighted by atomic mass is 16.6. The van der Waals surface area contributed by atoms with Crippen LogP contribution in [0, 0.1) is 5.41 Å². The number of carbonyl (C=O) groups is 3. The van der Waals surface area contributed by atoms with Crippen LogP contribution in [0.25, 0.3) is 0 Å². The van der Waals surface area contributed by atoms with Crippen molar-refractivity contribution in [1.29, 1.82) is 0 Å². The first kappa shape index (κ1) is 40.8. The van der Waals surface area contributed by atoms with Gasteiger partial charge in [-0.05, 0) is 12.8 Å². The lowest BCUT2D eigenvalue weighted by Gasteiger charge is -2.27. The fraction of sp³-hybridized carbons (Fsp3) is 0.839. The van der Waals surface area contributed by atoms with E-state index in [4.69, 9.17) is 24.8 Å². The van der Waals surface area contributed by atoms with Crippen molar-refractivity contribution >= 4 is 17.8 Å². The number of ether oxygens (including phenoxy) is 2. The Labute approximate surface area is 256 Å². The molecule has 0 fully saturated rings. The maximum Gasteiger partial charge on any atom is 0.378 e. The molecular weight excluding hydrogens is 562 g/mol. The van der Waals surface area contributed by atoms with E-state index in [2.05, 4.69) is 12.2 Å². The van der Waals surface area contributed by atoms with Gasteiger partial charge in [-0.1, -0.05) is 97.8 Å². The van der Waals surface area contributed by atoms with Crippen LogP contribution in [-0.2, 0) is 23.9 Å². The molecule has 0 aromatic carbocycles. The monoisotopic (exact) mass is 619 g/mol.